The average Bonchev–Trinajstić information content (AvgIpc) is 2.55. The van der Waals surface area contributed by atoms with Crippen LogP contribution in [0.4, 0.5) is 0 Å². The summed E-state index contributed by atoms with van der Waals surface area (Å²) in [6, 6.07) is 18.7. The van der Waals surface area contributed by atoms with Gasteiger partial charge in [-0.1, -0.05) is 42.5 Å². The molecule has 2 heteroatoms. The number of methoxy groups -OCH3 is 1. The lowest BCUT2D eigenvalue weighted by atomic mass is 10.1. The van der Waals surface area contributed by atoms with Crippen LogP contribution in [0.2, 0.25) is 0 Å². The minimum Gasteiger partial charge on any atom is -0.497 e. The zero-order valence-corrected chi connectivity index (χ0v) is 12.9. The van der Waals surface area contributed by atoms with Gasteiger partial charge in [0.1, 0.15) is 5.75 Å². The molecule has 0 bridgehead atoms. The summed E-state index contributed by atoms with van der Waals surface area (Å²) in [7, 11) is 1.68. The van der Waals surface area contributed by atoms with Gasteiger partial charge in [0.25, 0.3) is 0 Å². The van der Waals surface area contributed by atoms with Crippen LogP contribution in [-0.2, 0) is 11.2 Å². The third-order valence-electron chi connectivity index (χ3n) is 3.66. The van der Waals surface area contributed by atoms with Crippen molar-refractivity contribution in [3.8, 4) is 5.75 Å². The predicted octanol–water partition coefficient (Wildman–Crippen LogP) is 4.80. The van der Waals surface area contributed by atoms with Crippen molar-refractivity contribution >= 4 is 0 Å². The van der Waals surface area contributed by atoms with E-state index in [0.29, 0.717) is 0 Å². The molecule has 0 aliphatic rings. The molecule has 0 aliphatic carbocycles. The zero-order chi connectivity index (χ0) is 14.9. The molecule has 1 unspecified atom stereocenters. The fourth-order valence-electron chi connectivity index (χ4n) is 2.31. The lowest BCUT2D eigenvalue weighted by Gasteiger charge is -2.14. The van der Waals surface area contributed by atoms with E-state index in [-0.39, 0.29) is 6.10 Å². The van der Waals surface area contributed by atoms with E-state index in [2.05, 4.69) is 49.4 Å². The smallest absolute Gasteiger partial charge is 0.118 e. The lowest BCUT2D eigenvalue weighted by molar-refractivity contribution is 0.0631. The van der Waals surface area contributed by atoms with E-state index in [4.69, 9.17) is 9.47 Å². The van der Waals surface area contributed by atoms with E-state index in [0.717, 1.165) is 25.2 Å². The van der Waals surface area contributed by atoms with E-state index in [1.165, 1.54) is 17.5 Å². The Morgan fingerprint density at radius 2 is 1.62 bits per heavy atom. The van der Waals surface area contributed by atoms with Crippen molar-refractivity contribution < 1.29 is 9.47 Å². The molecule has 21 heavy (non-hydrogen) atoms. The highest BCUT2D eigenvalue weighted by Gasteiger charge is 2.05. The second kappa shape index (κ2) is 8.48. The molecule has 0 aromatic heterocycles. The fourth-order valence-corrected chi connectivity index (χ4v) is 2.31. The zero-order valence-electron chi connectivity index (χ0n) is 12.9. The van der Waals surface area contributed by atoms with Crippen molar-refractivity contribution in [1.29, 1.82) is 0 Å². The first-order valence-corrected chi connectivity index (χ1v) is 7.59. The van der Waals surface area contributed by atoms with Crippen LogP contribution in [0.15, 0.2) is 54.6 Å². The SMILES string of the molecule is COc1ccc(C(C)OCCCCc2ccccc2)cc1. The van der Waals surface area contributed by atoms with Crippen LogP contribution in [0.5, 0.6) is 5.75 Å². The minimum atomic E-state index is 0.132. The Labute approximate surface area is 127 Å². The summed E-state index contributed by atoms with van der Waals surface area (Å²) in [4.78, 5) is 0. The van der Waals surface area contributed by atoms with Crippen molar-refractivity contribution in [3.05, 3.63) is 65.7 Å². The number of hydrogen-bond donors (Lipinski definition) is 0. The molecule has 0 radical (unpaired) electrons. The molecule has 0 saturated carbocycles. The van der Waals surface area contributed by atoms with E-state index < -0.39 is 0 Å². The number of hydrogen-bond acceptors (Lipinski definition) is 2. The molecular formula is C19H24O2. The minimum absolute atomic E-state index is 0.132. The molecule has 1 atom stereocenters. The Balaban J connectivity index is 1.65. The summed E-state index contributed by atoms with van der Waals surface area (Å²) in [5, 5.41) is 0. The van der Waals surface area contributed by atoms with E-state index in [1.54, 1.807) is 7.11 Å². The molecule has 0 aliphatic heterocycles. The summed E-state index contributed by atoms with van der Waals surface area (Å²) in [6.45, 7) is 2.90. The Kier molecular flexibility index (Phi) is 6.29. The summed E-state index contributed by atoms with van der Waals surface area (Å²) in [5.41, 5.74) is 2.60. The van der Waals surface area contributed by atoms with Crippen LogP contribution < -0.4 is 4.74 Å². The van der Waals surface area contributed by atoms with E-state index in [9.17, 15) is 0 Å². The summed E-state index contributed by atoms with van der Waals surface area (Å²) < 4.78 is 11.1. The summed E-state index contributed by atoms with van der Waals surface area (Å²) >= 11 is 0. The van der Waals surface area contributed by atoms with E-state index in [1.807, 2.05) is 12.1 Å². The van der Waals surface area contributed by atoms with Crippen LogP contribution in [0.1, 0.15) is 37.0 Å². The van der Waals surface area contributed by atoms with Gasteiger partial charge >= 0.3 is 0 Å². The normalized spacial score (nSPS) is 12.1. The Hall–Kier alpha value is -1.80. The molecule has 0 spiro atoms. The largest absolute Gasteiger partial charge is 0.497 e. The van der Waals surface area contributed by atoms with Crippen LogP contribution in [0.25, 0.3) is 0 Å². The van der Waals surface area contributed by atoms with Gasteiger partial charge in [0.15, 0.2) is 0 Å². The van der Waals surface area contributed by atoms with Crippen molar-refractivity contribution in [2.24, 2.45) is 0 Å². The van der Waals surface area contributed by atoms with Crippen LogP contribution in [0, 0.1) is 0 Å². The van der Waals surface area contributed by atoms with Crippen LogP contribution >= 0.6 is 0 Å². The molecule has 0 heterocycles. The van der Waals surface area contributed by atoms with Gasteiger partial charge in [-0.2, -0.15) is 0 Å². The van der Waals surface area contributed by atoms with Crippen LogP contribution in [-0.4, -0.2) is 13.7 Å². The van der Waals surface area contributed by atoms with Crippen molar-refractivity contribution in [2.75, 3.05) is 13.7 Å². The first-order chi connectivity index (χ1) is 10.3. The fraction of sp³-hybridized carbons (Fsp3) is 0.368. The first kappa shape index (κ1) is 15.6. The lowest BCUT2D eigenvalue weighted by Crippen LogP contribution is -2.02. The number of benzene rings is 2. The predicted molar refractivity (Wildman–Crippen MR) is 86.7 cm³/mol. The molecule has 2 aromatic rings. The van der Waals surface area contributed by atoms with Crippen molar-refractivity contribution in [3.63, 3.8) is 0 Å². The van der Waals surface area contributed by atoms with Gasteiger partial charge in [-0.15, -0.1) is 0 Å². The van der Waals surface area contributed by atoms with Gasteiger partial charge in [0.2, 0.25) is 0 Å². The Bertz CT molecular complexity index is 505. The van der Waals surface area contributed by atoms with Gasteiger partial charge in [0, 0.05) is 6.61 Å². The maximum Gasteiger partial charge on any atom is 0.118 e. The van der Waals surface area contributed by atoms with Crippen molar-refractivity contribution in [2.45, 2.75) is 32.3 Å². The topological polar surface area (TPSA) is 18.5 Å². The Morgan fingerprint density at radius 1 is 0.905 bits per heavy atom. The highest BCUT2D eigenvalue weighted by molar-refractivity contribution is 5.28. The number of unbranched alkanes of at least 4 members (excludes halogenated alkanes) is 1. The van der Waals surface area contributed by atoms with Gasteiger partial charge in [-0.3, -0.25) is 0 Å². The highest BCUT2D eigenvalue weighted by Crippen LogP contribution is 2.20. The number of ether oxygens (including phenoxy) is 2. The molecule has 0 amide bonds. The number of rotatable bonds is 8. The molecular weight excluding hydrogens is 260 g/mol. The summed E-state index contributed by atoms with van der Waals surface area (Å²) in [6.07, 6.45) is 3.52. The third kappa shape index (κ3) is 5.24. The van der Waals surface area contributed by atoms with E-state index >= 15 is 0 Å². The quantitative estimate of drug-likeness (QED) is 0.648. The van der Waals surface area contributed by atoms with Gasteiger partial charge in [-0.25, -0.2) is 0 Å². The molecule has 2 aromatic carbocycles. The maximum atomic E-state index is 5.90. The van der Waals surface area contributed by atoms with Crippen LogP contribution in [0.3, 0.4) is 0 Å². The first-order valence-electron chi connectivity index (χ1n) is 7.59. The number of aryl methyl sites for hydroxylation is 1. The molecule has 112 valence electrons. The third-order valence-corrected chi connectivity index (χ3v) is 3.66. The monoisotopic (exact) mass is 284 g/mol. The molecule has 2 nitrogen and oxygen atoms in total. The molecule has 2 rings (SSSR count). The second-order valence-electron chi connectivity index (χ2n) is 5.23. The van der Waals surface area contributed by atoms with Gasteiger partial charge in [-0.05, 0) is 49.4 Å². The average molecular weight is 284 g/mol. The molecule has 0 fully saturated rings. The maximum absolute atomic E-state index is 5.90. The highest BCUT2D eigenvalue weighted by atomic mass is 16.5. The summed E-state index contributed by atoms with van der Waals surface area (Å²) in [5.74, 6) is 0.883. The van der Waals surface area contributed by atoms with Gasteiger partial charge in [0.05, 0.1) is 13.2 Å². The second-order valence-corrected chi connectivity index (χ2v) is 5.23. The standard InChI is InChI=1S/C19H24O2/c1-16(18-11-13-19(20-2)14-12-18)21-15-7-6-10-17-8-4-3-5-9-17/h3-5,8-9,11-14,16H,6-7,10,15H2,1-2H3. The Morgan fingerprint density at radius 3 is 2.29 bits per heavy atom. The van der Waals surface area contributed by atoms with Crippen molar-refractivity contribution in [1.82, 2.24) is 0 Å². The molecule has 0 saturated heterocycles. The molecule has 0 N–H and O–H groups in total. The van der Waals surface area contributed by atoms with Gasteiger partial charge < -0.3 is 9.47 Å².